The molecule has 0 saturated carbocycles. The molecule has 2 rings (SSSR count). The zero-order chi connectivity index (χ0) is 15.2. The molecule has 114 valence electrons. The minimum Gasteiger partial charge on any atom is -0.480 e. The second kappa shape index (κ2) is 7.11. The lowest BCUT2D eigenvalue weighted by Crippen LogP contribution is -2.50. The van der Waals surface area contributed by atoms with Gasteiger partial charge in [-0.1, -0.05) is 43.7 Å². The lowest BCUT2D eigenvalue weighted by atomic mass is 9.91. The molecule has 21 heavy (non-hydrogen) atoms. The van der Waals surface area contributed by atoms with E-state index in [4.69, 9.17) is 4.74 Å². The van der Waals surface area contributed by atoms with E-state index in [0.29, 0.717) is 18.9 Å². The van der Waals surface area contributed by atoms with Crippen LogP contribution in [0.3, 0.4) is 0 Å². The minimum absolute atomic E-state index is 0.166. The maximum Gasteiger partial charge on any atom is 0.410 e. The van der Waals surface area contributed by atoms with Gasteiger partial charge in [-0.15, -0.1) is 0 Å². The molecule has 1 heterocycles. The fraction of sp³-hybridized carbons (Fsp3) is 0.500. The highest BCUT2D eigenvalue weighted by atomic mass is 16.6. The standard InChI is InChI=1S/C16H21NO4/c1-2-12-8-9-14(15(18)19)17(10-12)16(20)21-11-13-6-4-3-5-7-13/h3-7,12,14H,2,8-11H2,1H3,(H,18,19). The summed E-state index contributed by atoms with van der Waals surface area (Å²) >= 11 is 0. The molecule has 0 aliphatic carbocycles. The van der Waals surface area contributed by atoms with E-state index in [9.17, 15) is 14.7 Å². The fourth-order valence-corrected chi connectivity index (χ4v) is 2.64. The van der Waals surface area contributed by atoms with Crippen LogP contribution in [0.15, 0.2) is 30.3 Å². The number of nitrogens with zero attached hydrogens (tertiary/aromatic N) is 1. The average molecular weight is 291 g/mol. The summed E-state index contributed by atoms with van der Waals surface area (Å²) in [5, 5.41) is 9.25. The molecule has 0 aromatic heterocycles. The number of hydrogen-bond acceptors (Lipinski definition) is 3. The number of amides is 1. The highest BCUT2D eigenvalue weighted by molar-refractivity contribution is 5.80. The number of carbonyl (C=O) groups is 2. The van der Waals surface area contributed by atoms with Gasteiger partial charge in [-0.25, -0.2) is 9.59 Å². The van der Waals surface area contributed by atoms with Crippen LogP contribution in [0.4, 0.5) is 4.79 Å². The predicted molar refractivity (Wildman–Crippen MR) is 77.8 cm³/mol. The van der Waals surface area contributed by atoms with Gasteiger partial charge in [-0.2, -0.15) is 0 Å². The zero-order valence-electron chi connectivity index (χ0n) is 12.2. The molecule has 1 fully saturated rings. The van der Waals surface area contributed by atoms with Crippen molar-refractivity contribution >= 4 is 12.1 Å². The van der Waals surface area contributed by atoms with Crippen LogP contribution in [0.1, 0.15) is 31.7 Å². The third kappa shape index (κ3) is 3.97. The van der Waals surface area contributed by atoms with Crippen molar-refractivity contribution in [1.29, 1.82) is 0 Å². The number of aliphatic carboxylic acids is 1. The first-order valence-electron chi connectivity index (χ1n) is 7.32. The van der Waals surface area contributed by atoms with Gasteiger partial charge in [-0.3, -0.25) is 4.90 Å². The fourth-order valence-electron chi connectivity index (χ4n) is 2.64. The molecule has 0 spiro atoms. The smallest absolute Gasteiger partial charge is 0.410 e. The average Bonchev–Trinajstić information content (AvgIpc) is 2.52. The Bertz CT molecular complexity index is 488. The first-order valence-corrected chi connectivity index (χ1v) is 7.32. The molecular formula is C16H21NO4. The molecule has 1 aromatic rings. The zero-order valence-corrected chi connectivity index (χ0v) is 12.2. The van der Waals surface area contributed by atoms with Crippen LogP contribution in [-0.4, -0.2) is 34.7 Å². The first-order chi connectivity index (χ1) is 10.1. The summed E-state index contributed by atoms with van der Waals surface area (Å²) in [6.07, 6.45) is 1.74. The van der Waals surface area contributed by atoms with E-state index in [-0.39, 0.29) is 6.61 Å². The summed E-state index contributed by atoms with van der Waals surface area (Å²) in [5.41, 5.74) is 0.891. The van der Waals surface area contributed by atoms with E-state index in [1.165, 1.54) is 4.90 Å². The molecule has 5 heteroatoms. The maximum atomic E-state index is 12.2. The summed E-state index contributed by atoms with van der Waals surface area (Å²) in [6, 6.07) is 8.60. The molecule has 0 bridgehead atoms. The Morgan fingerprint density at radius 1 is 1.29 bits per heavy atom. The molecule has 2 unspecified atom stereocenters. The Kier molecular flexibility index (Phi) is 5.20. The van der Waals surface area contributed by atoms with Crippen LogP contribution in [0.5, 0.6) is 0 Å². The van der Waals surface area contributed by atoms with E-state index in [1.807, 2.05) is 30.3 Å². The van der Waals surface area contributed by atoms with Crippen molar-refractivity contribution in [3.63, 3.8) is 0 Å². The van der Waals surface area contributed by atoms with Gasteiger partial charge in [0.25, 0.3) is 0 Å². The first kappa shape index (κ1) is 15.4. The topological polar surface area (TPSA) is 66.8 Å². The second-order valence-corrected chi connectivity index (χ2v) is 5.40. The Morgan fingerprint density at radius 2 is 2.00 bits per heavy atom. The minimum atomic E-state index is -0.957. The van der Waals surface area contributed by atoms with E-state index in [2.05, 4.69) is 6.92 Å². The lowest BCUT2D eigenvalue weighted by Gasteiger charge is -2.36. The highest BCUT2D eigenvalue weighted by Gasteiger charge is 2.36. The maximum absolute atomic E-state index is 12.2. The van der Waals surface area contributed by atoms with E-state index in [0.717, 1.165) is 18.4 Å². The number of piperidine rings is 1. The van der Waals surface area contributed by atoms with Crippen LogP contribution < -0.4 is 0 Å². The molecule has 1 saturated heterocycles. The normalized spacial score (nSPS) is 21.9. The van der Waals surface area contributed by atoms with Gasteiger partial charge < -0.3 is 9.84 Å². The number of carboxylic acid groups (broad SMARTS) is 1. The predicted octanol–water partition coefficient (Wildman–Crippen LogP) is 2.90. The Balaban J connectivity index is 1.98. The number of carboxylic acids is 1. The summed E-state index contributed by atoms with van der Waals surface area (Å²) in [6.45, 7) is 2.68. The van der Waals surface area contributed by atoms with Gasteiger partial charge in [-0.05, 0) is 24.3 Å². The number of rotatable bonds is 4. The molecular weight excluding hydrogens is 270 g/mol. The van der Waals surface area contributed by atoms with Gasteiger partial charge in [0.15, 0.2) is 0 Å². The van der Waals surface area contributed by atoms with Gasteiger partial charge in [0.05, 0.1) is 0 Å². The van der Waals surface area contributed by atoms with Crippen LogP contribution in [0.2, 0.25) is 0 Å². The van der Waals surface area contributed by atoms with Crippen molar-refractivity contribution in [2.75, 3.05) is 6.54 Å². The van der Waals surface area contributed by atoms with E-state index < -0.39 is 18.1 Å². The van der Waals surface area contributed by atoms with Crippen molar-refractivity contribution in [3.05, 3.63) is 35.9 Å². The molecule has 1 N–H and O–H groups in total. The summed E-state index contributed by atoms with van der Waals surface area (Å²) in [4.78, 5) is 24.8. The quantitative estimate of drug-likeness (QED) is 0.926. The Morgan fingerprint density at radius 3 is 2.62 bits per heavy atom. The number of benzene rings is 1. The summed E-state index contributed by atoms with van der Waals surface area (Å²) in [5.74, 6) is -0.605. The molecule has 1 aliphatic heterocycles. The third-order valence-electron chi connectivity index (χ3n) is 3.98. The van der Waals surface area contributed by atoms with E-state index >= 15 is 0 Å². The Hall–Kier alpha value is -2.04. The van der Waals surface area contributed by atoms with Crippen LogP contribution in [-0.2, 0) is 16.1 Å². The van der Waals surface area contributed by atoms with Crippen LogP contribution in [0, 0.1) is 5.92 Å². The number of carbonyl (C=O) groups excluding carboxylic acids is 1. The van der Waals surface area contributed by atoms with Crippen molar-refractivity contribution in [3.8, 4) is 0 Å². The van der Waals surface area contributed by atoms with E-state index in [1.54, 1.807) is 0 Å². The number of hydrogen-bond donors (Lipinski definition) is 1. The number of ether oxygens (including phenoxy) is 1. The SMILES string of the molecule is CCC1CCC(C(=O)O)N(C(=O)OCc2ccccc2)C1. The number of likely N-dealkylation sites (tertiary alicyclic amines) is 1. The van der Waals surface area contributed by atoms with Crippen molar-refractivity contribution in [1.82, 2.24) is 4.90 Å². The molecule has 0 radical (unpaired) electrons. The molecule has 2 atom stereocenters. The van der Waals surface area contributed by atoms with Crippen molar-refractivity contribution in [2.24, 2.45) is 5.92 Å². The molecule has 5 nitrogen and oxygen atoms in total. The lowest BCUT2D eigenvalue weighted by molar-refractivity contribution is -0.144. The summed E-state index contributed by atoms with van der Waals surface area (Å²) in [7, 11) is 0. The molecule has 1 amide bonds. The largest absolute Gasteiger partial charge is 0.480 e. The van der Waals surface area contributed by atoms with Crippen molar-refractivity contribution in [2.45, 2.75) is 38.8 Å². The van der Waals surface area contributed by atoms with Gasteiger partial charge in [0.2, 0.25) is 0 Å². The van der Waals surface area contributed by atoms with Crippen molar-refractivity contribution < 1.29 is 19.4 Å². The molecule has 1 aliphatic rings. The monoisotopic (exact) mass is 291 g/mol. The Labute approximate surface area is 124 Å². The van der Waals surface area contributed by atoms with Gasteiger partial charge in [0.1, 0.15) is 12.6 Å². The van der Waals surface area contributed by atoms with Gasteiger partial charge >= 0.3 is 12.1 Å². The summed E-state index contributed by atoms with van der Waals surface area (Å²) < 4.78 is 5.26. The van der Waals surface area contributed by atoms with Gasteiger partial charge in [0, 0.05) is 6.54 Å². The highest BCUT2D eigenvalue weighted by Crippen LogP contribution is 2.25. The molecule has 1 aromatic carbocycles. The van der Waals surface area contributed by atoms with Crippen LogP contribution >= 0.6 is 0 Å². The van der Waals surface area contributed by atoms with Crippen LogP contribution in [0.25, 0.3) is 0 Å². The third-order valence-corrected chi connectivity index (χ3v) is 3.98. The second-order valence-electron chi connectivity index (χ2n) is 5.40.